The number of nitrogens with zero attached hydrogens (tertiary/aromatic N) is 2. The fourth-order valence-electron chi connectivity index (χ4n) is 1.50. The molecule has 4 nitrogen and oxygen atoms in total. The molecule has 20 heavy (non-hydrogen) atoms. The Balaban J connectivity index is 2.09. The Morgan fingerprint density at radius 3 is 2.65 bits per heavy atom. The highest BCUT2D eigenvalue weighted by atomic mass is 32.1. The Kier molecular flexibility index (Phi) is 4.62. The van der Waals surface area contributed by atoms with Gasteiger partial charge in [0, 0.05) is 10.9 Å². The number of ether oxygens (including phenoxy) is 1. The molecule has 0 amide bonds. The average molecular weight is 297 g/mol. The average Bonchev–Trinajstić information content (AvgIpc) is 2.80. The van der Waals surface area contributed by atoms with Crippen LogP contribution in [0.3, 0.4) is 0 Å². The van der Waals surface area contributed by atoms with Gasteiger partial charge < -0.3 is 4.74 Å². The Bertz CT molecular complexity index is 605. The Hall–Kier alpha value is -2.02. The van der Waals surface area contributed by atoms with E-state index in [9.17, 15) is 8.78 Å². The lowest BCUT2D eigenvalue weighted by Crippen LogP contribution is -2.00. The zero-order valence-corrected chi connectivity index (χ0v) is 11.8. The first kappa shape index (κ1) is 14.4. The quantitative estimate of drug-likeness (QED) is 0.678. The maximum Gasteiger partial charge on any atom is 0.203 e. The van der Waals surface area contributed by atoms with E-state index in [2.05, 4.69) is 15.5 Å². The molecule has 2 aromatic rings. The van der Waals surface area contributed by atoms with E-state index in [1.54, 1.807) is 6.92 Å². The second-order valence-electron chi connectivity index (χ2n) is 3.91. The number of thiazole rings is 1. The van der Waals surface area contributed by atoms with Gasteiger partial charge in [0.05, 0.1) is 18.5 Å². The van der Waals surface area contributed by atoms with Crippen molar-refractivity contribution in [2.24, 2.45) is 5.10 Å². The Morgan fingerprint density at radius 1 is 1.40 bits per heavy atom. The largest absolute Gasteiger partial charge is 0.488 e. The summed E-state index contributed by atoms with van der Waals surface area (Å²) in [6.45, 7) is 3.73. The molecule has 2 rings (SSSR count). The number of anilines is 1. The SMILES string of the molecule is CCOc1c(F)cc(C=NNc2nc(C)cs2)cc1F. The molecule has 1 aromatic carbocycles. The van der Waals surface area contributed by atoms with E-state index in [-0.39, 0.29) is 12.4 Å². The summed E-state index contributed by atoms with van der Waals surface area (Å²) >= 11 is 1.40. The molecule has 7 heteroatoms. The minimum absolute atomic E-state index is 0.201. The molecule has 1 aromatic heterocycles. The van der Waals surface area contributed by atoms with Crippen LogP contribution in [0, 0.1) is 18.6 Å². The summed E-state index contributed by atoms with van der Waals surface area (Å²) in [5.74, 6) is -1.87. The molecule has 0 radical (unpaired) electrons. The van der Waals surface area contributed by atoms with Gasteiger partial charge in [-0.3, -0.25) is 5.43 Å². The lowest BCUT2D eigenvalue weighted by molar-refractivity contribution is 0.302. The number of halogens is 2. The molecule has 0 saturated heterocycles. The molecular formula is C13H13F2N3OS. The first-order valence-corrected chi connectivity index (χ1v) is 6.81. The van der Waals surface area contributed by atoms with Crippen LogP contribution in [0.4, 0.5) is 13.9 Å². The minimum Gasteiger partial charge on any atom is -0.488 e. The van der Waals surface area contributed by atoms with Crippen molar-refractivity contribution in [2.45, 2.75) is 13.8 Å². The summed E-state index contributed by atoms with van der Waals surface area (Å²) in [4.78, 5) is 4.14. The molecule has 0 aliphatic rings. The summed E-state index contributed by atoms with van der Waals surface area (Å²) in [7, 11) is 0. The molecular weight excluding hydrogens is 284 g/mol. The van der Waals surface area contributed by atoms with Crippen LogP contribution < -0.4 is 10.2 Å². The third kappa shape index (κ3) is 3.51. The van der Waals surface area contributed by atoms with Crippen LogP contribution in [0.1, 0.15) is 18.2 Å². The number of hydrazone groups is 1. The highest BCUT2D eigenvalue weighted by Gasteiger charge is 2.11. The van der Waals surface area contributed by atoms with E-state index in [1.807, 2.05) is 12.3 Å². The lowest BCUT2D eigenvalue weighted by Gasteiger charge is -2.06. The van der Waals surface area contributed by atoms with E-state index in [4.69, 9.17) is 4.74 Å². The highest BCUT2D eigenvalue weighted by molar-refractivity contribution is 7.13. The molecule has 0 aliphatic heterocycles. The van der Waals surface area contributed by atoms with Gasteiger partial charge >= 0.3 is 0 Å². The molecule has 1 heterocycles. The Morgan fingerprint density at radius 2 is 2.10 bits per heavy atom. The van der Waals surface area contributed by atoms with Crippen LogP contribution in [-0.2, 0) is 0 Å². The van der Waals surface area contributed by atoms with Crippen molar-refractivity contribution in [1.29, 1.82) is 0 Å². The van der Waals surface area contributed by atoms with E-state index in [0.29, 0.717) is 10.7 Å². The van der Waals surface area contributed by atoms with E-state index in [1.165, 1.54) is 17.6 Å². The van der Waals surface area contributed by atoms with E-state index >= 15 is 0 Å². The summed E-state index contributed by atoms with van der Waals surface area (Å²) in [5, 5.41) is 6.37. The van der Waals surface area contributed by atoms with Gasteiger partial charge in [-0.15, -0.1) is 11.3 Å². The van der Waals surface area contributed by atoms with Gasteiger partial charge in [0.1, 0.15) is 0 Å². The van der Waals surface area contributed by atoms with E-state index in [0.717, 1.165) is 17.8 Å². The third-order valence-electron chi connectivity index (χ3n) is 2.30. The first-order chi connectivity index (χ1) is 9.60. The van der Waals surface area contributed by atoms with Crippen molar-refractivity contribution < 1.29 is 13.5 Å². The van der Waals surface area contributed by atoms with Gasteiger partial charge in [0.25, 0.3) is 0 Å². The van der Waals surface area contributed by atoms with Gasteiger partial charge in [-0.25, -0.2) is 13.8 Å². The summed E-state index contributed by atoms with van der Waals surface area (Å²) in [6.07, 6.45) is 1.32. The van der Waals surface area contributed by atoms with Crippen LogP contribution in [0.5, 0.6) is 5.75 Å². The predicted molar refractivity (Wildman–Crippen MR) is 75.6 cm³/mol. The minimum atomic E-state index is -0.751. The Labute approximate surface area is 119 Å². The van der Waals surface area contributed by atoms with Crippen LogP contribution >= 0.6 is 11.3 Å². The topological polar surface area (TPSA) is 46.5 Å². The monoisotopic (exact) mass is 297 g/mol. The maximum atomic E-state index is 13.6. The fourth-order valence-corrected chi connectivity index (χ4v) is 2.14. The number of aromatic nitrogens is 1. The van der Waals surface area contributed by atoms with Crippen molar-refractivity contribution in [3.63, 3.8) is 0 Å². The van der Waals surface area contributed by atoms with Gasteiger partial charge in [-0.05, 0) is 26.0 Å². The van der Waals surface area contributed by atoms with Crippen molar-refractivity contribution in [1.82, 2.24) is 4.98 Å². The second kappa shape index (κ2) is 6.42. The molecule has 0 atom stereocenters. The van der Waals surface area contributed by atoms with Gasteiger partial charge in [0.15, 0.2) is 17.4 Å². The summed E-state index contributed by atoms with van der Waals surface area (Å²) in [6, 6.07) is 2.32. The number of nitrogens with one attached hydrogen (secondary N) is 1. The summed E-state index contributed by atoms with van der Waals surface area (Å²) in [5.41, 5.74) is 3.87. The molecule has 0 fully saturated rings. The smallest absolute Gasteiger partial charge is 0.203 e. The number of benzene rings is 1. The van der Waals surface area contributed by atoms with Gasteiger partial charge in [0.2, 0.25) is 5.13 Å². The molecule has 0 bridgehead atoms. The van der Waals surface area contributed by atoms with Gasteiger partial charge in [-0.1, -0.05) is 0 Å². The second-order valence-corrected chi connectivity index (χ2v) is 4.77. The van der Waals surface area contributed by atoms with Crippen LogP contribution in [-0.4, -0.2) is 17.8 Å². The number of hydrogen-bond acceptors (Lipinski definition) is 5. The molecule has 106 valence electrons. The van der Waals surface area contributed by atoms with Crippen LogP contribution in [0.15, 0.2) is 22.6 Å². The molecule has 0 aliphatic carbocycles. The zero-order chi connectivity index (χ0) is 14.5. The number of aryl methyl sites for hydroxylation is 1. The normalized spacial score (nSPS) is 11.0. The number of rotatable bonds is 5. The van der Waals surface area contributed by atoms with Gasteiger partial charge in [-0.2, -0.15) is 5.10 Å². The predicted octanol–water partition coefficient (Wildman–Crippen LogP) is 3.57. The first-order valence-electron chi connectivity index (χ1n) is 5.93. The number of hydrogen-bond donors (Lipinski definition) is 1. The molecule has 0 saturated carbocycles. The maximum absolute atomic E-state index is 13.6. The molecule has 0 unspecified atom stereocenters. The van der Waals surface area contributed by atoms with Crippen molar-refractivity contribution in [3.05, 3.63) is 40.4 Å². The standard InChI is InChI=1S/C13H13F2N3OS/c1-3-19-12-10(14)4-9(5-11(12)15)6-16-18-13-17-8(2)7-20-13/h4-7H,3H2,1-2H3,(H,17,18). The van der Waals surface area contributed by atoms with Crippen molar-refractivity contribution in [3.8, 4) is 5.75 Å². The van der Waals surface area contributed by atoms with Crippen LogP contribution in [0.2, 0.25) is 0 Å². The third-order valence-corrected chi connectivity index (χ3v) is 3.17. The lowest BCUT2D eigenvalue weighted by atomic mass is 10.2. The zero-order valence-electron chi connectivity index (χ0n) is 11.0. The van der Waals surface area contributed by atoms with Crippen LogP contribution in [0.25, 0.3) is 0 Å². The van der Waals surface area contributed by atoms with Crippen molar-refractivity contribution in [2.75, 3.05) is 12.0 Å². The van der Waals surface area contributed by atoms with E-state index < -0.39 is 11.6 Å². The molecule has 1 N–H and O–H groups in total. The fraction of sp³-hybridized carbons (Fsp3) is 0.231. The summed E-state index contributed by atoms with van der Waals surface area (Å²) < 4.78 is 32.1. The molecule has 0 spiro atoms. The highest BCUT2D eigenvalue weighted by Crippen LogP contribution is 2.22. The van der Waals surface area contributed by atoms with Crippen molar-refractivity contribution >= 4 is 22.7 Å².